The summed E-state index contributed by atoms with van der Waals surface area (Å²) >= 11 is 0. The quantitative estimate of drug-likeness (QED) is 0.136. The maximum absolute atomic E-state index is 14.4. The zero-order valence-electron chi connectivity index (χ0n) is 33.0. The van der Waals surface area contributed by atoms with Gasteiger partial charge in [-0.25, -0.2) is 0 Å². The summed E-state index contributed by atoms with van der Waals surface area (Å²) in [6, 6.07) is -6.13. The number of primary amides is 1. The zero-order valence-corrected chi connectivity index (χ0v) is 33.0. The molecule has 0 unspecified atom stereocenters. The fourth-order valence-corrected chi connectivity index (χ4v) is 6.00. The minimum Gasteiger partial charge on any atom is -0.390 e. The van der Waals surface area contributed by atoms with Gasteiger partial charge in [0.2, 0.25) is 35.4 Å². The van der Waals surface area contributed by atoms with Crippen LogP contribution in [0.15, 0.2) is 12.2 Å². The Bertz CT molecular complexity index is 1190. The highest BCUT2D eigenvalue weighted by atomic mass is 16.3. The van der Waals surface area contributed by atoms with Crippen LogP contribution in [-0.2, 0) is 28.8 Å². The maximum Gasteiger partial charge on any atom is 0.246 e. The van der Waals surface area contributed by atoms with Crippen LogP contribution in [0, 0.1) is 23.7 Å². The molecule has 14 nitrogen and oxygen atoms in total. The van der Waals surface area contributed by atoms with Crippen LogP contribution in [0.4, 0.5) is 0 Å². The predicted molar refractivity (Wildman–Crippen MR) is 195 cm³/mol. The second-order valence-corrected chi connectivity index (χ2v) is 14.9. The summed E-state index contributed by atoms with van der Waals surface area (Å²) in [5.41, 5.74) is 11.4. The van der Waals surface area contributed by atoms with Gasteiger partial charge < -0.3 is 41.5 Å². The van der Waals surface area contributed by atoms with Gasteiger partial charge in [-0.15, -0.1) is 0 Å². The third-order valence-electron chi connectivity index (χ3n) is 9.09. The van der Waals surface area contributed by atoms with Gasteiger partial charge in [-0.3, -0.25) is 28.8 Å². The van der Waals surface area contributed by atoms with Crippen molar-refractivity contribution in [2.45, 2.75) is 131 Å². The molecule has 0 aliphatic heterocycles. The number of nitrogens with zero attached hydrogens (tertiary/aromatic N) is 4. The number of allylic oxidation sites excluding steroid dienone is 2. The van der Waals surface area contributed by atoms with Crippen molar-refractivity contribution >= 4 is 35.4 Å². The summed E-state index contributed by atoms with van der Waals surface area (Å²) in [6.07, 6.45) is 3.44. The van der Waals surface area contributed by atoms with Crippen LogP contribution in [0.3, 0.4) is 0 Å². The summed E-state index contributed by atoms with van der Waals surface area (Å²) in [4.78, 5) is 85.9. The zero-order chi connectivity index (χ0) is 39.4. The molecule has 14 heteroatoms. The Morgan fingerprint density at radius 1 is 0.680 bits per heavy atom. The predicted octanol–water partition coefficient (Wildman–Crippen LogP) is 1.34. The average Bonchev–Trinajstić information content (AvgIpc) is 3.02. The van der Waals surface area contributed by atoms with Gasteiger partial charge >= 0.3 is 0 Å². The molecule has 0 aliphatic rings. The van der Waals surface area contributed by atoms with Gasteiger partial charge in [-0.05, 0) is 63.7 Å². The third kappa shape index (κ3) is 13.0. The molecule has 0 aromatic heterocycles. The highest BCUT2D eigenvalue weighted by molar-refractivity contribution is 5.96. The van der Waals surface area contributed by atoms with Crippen molar-refractivity contribution in [3.05, 3.63) is 12.2 Å². The van der Waals surface area contributed by atoms with E-state index in [1.807, 2.05) is 46.8 Å². The maximum atomic E-state index is 14.4. The molecule has 6 N–H and O–H groups in total. The van der Waals surface area contributed by atoms with E-state index in [0.717, 1.165) is 4.90 Å². The van der Waals surface area contributed by atoms with Crippen LogP contribution in [0.25, 0.3) is 0 Å². The van der Waals surface area contributed by atoms with Gasteiger partial charge in [0.15, 0.2) is 0 Å². The standard InChI is InChI=1S/C36H67N7O7/c1-15-16-17-23(8)30(44)29(31(38)45)43(14)36(50)28(22(6)7)42(13)35(49)27(19-21(4)5)41(12)34(48)26(18-20(2)3)40(11)33(47)25(10)39-32(46)24(9)37/h15-16,20-30,44H,17-19,37H2,1-14H3,(H2,38,45)(H,39,46)/b16-15+/t23-,24+,25-,26+,27+,28+,29+,30-/m1/s1. The van der Waals surface area contributed by atoms with E-state index in [4.69, 9.17) is 11.5 Å². The van der Waals surface area contributed by atoms with Crippen molar-refractivity contribution in [3.63, 3.8) is 0 Å². The normalized spacial score (nSPS) is 16.6. The molecule has 0 rings (SSSR count). The number of nitrogens with two attached hydrogens (primary N) is 2. The lowest BCUT2D eigenvalue weighted by Crippen LogP contribution is -2.62. The van der Waals surface area contributed by atoms with Crippen LogP contribution in [0.1, 0.15) is 88.5 Å². The Kier molecular flexibility index (Phi) is 19.5. The van der Waals surface area contributed by atoms with Crippen LogP contribution in [0.2, 0.25) is 0 Å². The molecular weight excluding hydrogens is 642 g/mol. The minimum absolute atomic E-state index is 0.00349. The van der Waals surface area contributed by atoms with Crippen molar-refractivity contribution < 1.29 is 33.9 Å². The summed E-state index contributed by atoms with van der Waals surface area (Å²) < 4.78 is 0. The smallest absolute Gasteiger partial charge is 0.246 e. The van der Waals surface area contributed by atoms with Crippen molar-refractivity contribution in [1.29, 1.82) is 0 Å². The van der Waals surface area contributed by atoms with Crippen LogP contribution in [-0.4, -0.2) is 131 Å². The van der Waals surface area contributed by atoms with Gasteiger partial charge in [0, 0.05) is 28.2 Å². The number of rotatable bonds is 20. The molecule has 50 heavy (non-hydrogen) atoms. The summed E-state index contributed by atoms with van der Waals surface area (Å²) in [7, 11) is 5.88. The minimum atomic E-state index is -1.34. The van der Waals surface area contributed by atoms with Gasteiger partial charge in [0.1, 0.15) is 30.2 Å². The second kappa shape index (κ2) is 21.0. The number of likely N-dealkylation sites (N-methyl/N-ethyl adjacent to an activating group) is 4. The topological polar surface area (TPSA) is 200 Å². The highest BCUT2D eigenvalue weighted by Crippen LogP contribution is 2.24. The molecule has 0 heterocycles. The number of hydrogen-bond acceptors (Lipinski definition) is 8. The first-order chi connectivity index (χ1) is 22.9. The lowest BCUT2D eigenvalue weighted by atomic mass is 9.92. The molecule has 0 saturated carbocycles. The average molecular weight is 710 g/mol. The van der Waals surface area contributed by atoms with E-state index in [1.165, 1.54) is 56.7 Å². The Morgan fingerprint density at radius 3 is 1.48 bits per heavy atom. The molecule has 0 bridgehead atoms. The third-order valence-corrected chi connectivity index (χ3v) is 9.09. The van der Waals surface area contributed by atoms with E-state index in [0.29, 0.717) is 12.8 Å². The Hall–Kier alpha value is -3.52. The Balaban J connectivity index is 6.63. The van der Waals surface area contributed by atoms with Crippen molar-refractivity contribution in [3.8, 4) is 0 Å². The number of hydrogen-bond donors (Lipinski definition) is 4. The molecule has 0 spiro atoms. The molecular formula is C36H67N7O7. The van der Waals surface area contributed by atoms with Crippen molar-refractivity contribution in [2.75, 3.05) is 28.2 Å². The first-order valence-corrected chi connectivity index (χ1v) is 17.6. The molecule has 288 valence electrons. The highest BCUT2D eigenvalue weighted by Gasteiger charge is 2.43. The van der Waals surface area contributed by atoms with Gasteiger partial charge in [-0.2, -0.15) is 0 Å². The van der Waals surface area contributed by atoms with E-state index in [1.54, 1.807) is 20.8 Å². The molecule has 0 aromatic carbocycles. The number of aliphatic hydroxyl groups is 1. The Labute approximate surface area is 300 Å². The number of aliphatic hydroxyl groups excluding tert-OH is 1. The molecule has 6 amide bonds. The lowest BCUT2D eigenvalue weighted by Gasteiger charge is -2.41. The van der Waals surface area contributed by atoms with Gasteiger partial charge in [0.05, 0.1) is 12.1 Å². The molecule has 8 atom stereocenters. The summed E-state index contributed by atoms with van der Waals surface area (Å²) in [5, 5.41) is 13.6. The molecule has 0 saturated heterocycles. The monoisotopic (exact) mass is 710 g/mol. The molecule has 0 aliphatic carbocycles. The van der Waals surface area contributed by atoms with Crippen LogP contribution < -0.4 is 16.8 Å². The lowest BCUT2D eigenvalue weighted by molar-refractivity contribution is -0.157. The van der Waals surface area contributed by atoms with Crippen molar-refractivity contribution in [1.82, 2.24) is 24.9 Å². The summed E-state index contributed by atoms with van der Waals surface area (Å²) in [5.74, 6) is -4.27. The number of nitrogens with one attached hydrogen (secondary N) is 1. The Morgan fingerprint density at radius 2 is 1.10 bits per heavy atom. The van der Waals surface area contributed by atoms with E-state index >= 15 is 0 Å². The first-order valence-electron chi connectivity index (χ1n) is 17.6. The van der Waals surface area contributed by atoms with E-state index in [-0.39, 0.29) is 18.3 Å². The van der Waals surface area contributed by atoms with Gasteiger partial charge in [0.25, 0.3) is 0 Å². The fourth-order valence-electron chi connectivity index (χ4n) is 6.00. The first kappa shape index (κ1) is 46.5. The van der Waals surface area contributed by atoms with E-state index in [2.05, 4.69) is 5.32 Å². The van der Waals surface area contributed by atoms with Crippen molar-refractivity contribution in [2.24, 2.45) is 35.1 Å². The van der Waals surface area contributed by atoms with E-state index < -0.39 is 89.6 Å². The van der Waals surface area contributed by atoms with Gasteiger partial charge in [-0.1, -0.05) is 60.6 Å². The molecule has 0 radical (unpaired) electrons. The largest absolute Gasteiger partial charge is 0.390 e. The number of carbonyl (C=O) groups excluding carboxylic acids is 6. The summed E-state index contributed by atoms with van der Waals surface area (Å²) in [6.45, 7) is 17.8. The number of amides is 6. The number of carbonyl (C=O) groups is 6. The van der Waals surface area contributed by atoms with E-state index in [9.17, 15) is 33.9 Å². The molecule has 0 aromatic rings. The fraction of sp³-hybridized carbons (Fsp3) is 0.778. The SMILES string of the molecule is C/C=C/C[C@@H](C)[C@@H](O)[C@@H](C(N)=O)N(C)C(=O)[C@H](C(C)C)N(C)C(=O)[C@H](CC(C)C)N(C)C(=O)[C@H](CC(C)C)N(C)C(=O)[C@@H](C)NC(=O)[C@H](C)N. The van der Waals surface area contributed by atoms with Crippen LogP contribution in [0.5, 0.6) is 0 Å². The second-order valence-electron chi connectivity index (χ2n) is 14.9. The van der Waals surface area contributed by atoms with Crippen LogP contribution >= 0.6 is 0 Å². The molecule has 0 fully saturated rings.